The highest BCUT2D eigenvalue weighted by Gasteiger charge is 1.83. The summed E-state index contributed by atoms with van der Waals surface area (Å²) in [6.45, 7) is 5.22. The zero-order chi connectivity index (χ0) is 9.28. The van der Waals surface area contributed by atoms with Crippen molar-refractivity contribution in [1.82, 2.24) is 0 Å². The van der Waals surface area contributed by atoms with E-state index in [4.69, 9.17) is 5.11 Å². The summed E-state index contributed by atoms with van der Waals surface area (Å²) in [5.74, 6) is -0.456. The van der Waals surface area contributed by atoms with Crippen molar-refractivity contribution in [3.05, 3.63) is 0 Å². The molecule has 0 saturated heterocycles. The Bertz CT molecular complexity index is 119. The molecule has 0 spiro atoms. The maximum absolute atomic E-state index is 10.0. The smallest absolute Gasteiger partial charge is 0.303 e. The van der Waals surface area contributed by atoms with Crippen molar-refractivity contribution in [1.29, 1.82) is 0 Å². The van der Waals surface area contributed by atoms with E-state index in [0.717, 1.165) is 12.8 Å². The van der Waals surface area contributed by atoms with Crippen LogP contribution in [0.1, 0.15) is 47.5 Å². The second-order valence-corrected chi connectivity index (χ2v) is 2.20. The van der Waals surface area contributed by atoms with Gasteiger partial charge in [-0.3, -0.25) is 4.79 Å². The van der Waals surface area contributed by atoms with E-state index in [-0.39, 0.29) is 19.6 Å². The number of hydrogen-bond acceptors (Lipinski definition) is 2. The van der Waals surface area contributed by atoms with Gasteiger partial charge in [0.25, 0.3) is 0 Å². The minimum atomic E-state index is -0.745. The maximum Gasteiger partial charge on any atom is 0.303 e. The maximum atomic E-state index is 10.0. The summed E-state index contributed by atoms with van der Waals surface area (Å²) in [5, 5.41) is 7.72. The molecule has 1 N–H and O–H groups in total. The molecule has 0 fully saturated rings. The third kappa shape index (κ3) is 35.3. The molecule has 74 valence electrons. The second-order valence-electron chi connectivity index (χ2n) is 2.20. The van der Waals surface area contributed by atoms with Gasteiger partial charge in [0.15, 0.2) is 0 Å². The third-order valence-corrected chi connectivity index (χ3v) is 0.905. The van der Waals surface area contributed by atoms with E-state index in [1.54, 1.807) is 13.8 Å². The topological polar surface area (TPSA) is 54.4 Å². The predicted octanol–water partition coefficient (Wildman–Crippen LogP) is 2.49. The average molecular weight is 176 g/mol. The number of carboxylic acids is 1. The molecule has 0 saturated carbocycles. The molecule has 0 bridgehead atoms. The molecule has 3 heteroatoms. The van der Waals surface area contributed by atoms with Crippen LogP contribution in [0.4, 0.5) is 0 Å². The standard InChI is InChI=1S/C5H10O.C3H6O2.CH4/c1-3-4-5(2)6;1-2-3(4)5;/h3-4H2,1-2H3;2H2,1H3,(H,4,5);1H4. The summed E-state index contributed by atoms with van der Waals surface area (Å²) >= 11 is 0. The number of carbonyl (C=O) groups is 2. The molecule has 0 aromatic carbocycles. The van der Waals surface area contributed by atoms with Crippen molar-refractivity contribution in [3.63, 3.8) is 0 Å². The monoisotopic (exact) mass is 176 g/mol. The summed E-state index contributed by atoms with van der Waals surface area (Å²) in [6.07, 6.45) is 1.94. The minimum absolute atomic E-state index is 0. The van der Waals surface area contributed by atoms with Crippen molar-refractivity contribution >= 4 is 11.8 Å². The van der Waals surface area contributed by atoms with Crippen LogP contribution < -0.4 is 0 Å². The van der Waals surface area contributed by atoms with E-state index in [9.17, 15) is 9.59 Å². The Kier molecular flexibility index (Phi) is 18.4. The van der Waals surface area contributed by atoms with Crippen molar-refractivity contribution in [2.45, 2.75) is 47.5 Å². The van der Waals surface area contributed by atoms with Crippen molar-refractivity contribution < 1.29 is 14.7 Å². The Morgan fingerprint density at radius 2 is 1.58 bits per heavy atom. The van der Waals surface area contributed by atoms with E-state index < -0.39 is 5.97 Å². The number of ketones is 1. The zero-order valence-electron chi connectivity index (χ0n) is 7.39. The first-order valence-electron chi connectivity index (χ1n) is 3.75. The SMILES string of the molecule is C.CCC(=O)O.CCCC(C)=O. The molecule has 0 aliphatic rings. The predicted molar refractivity (Wildman–Crippen MR) is 50.2 cm³/mol. The summed E-state index contributed by atoms with van der Waals surface area (Å²) in [5.41, 5.74) is 0. The van der Waals surface area contributed by atoms with Gasteiger partial charge >= 0.3 is 5.97 Å². The molecule has 0 aliphatic heterocycles. The lowest BCUT2D eigenvalue weighted by Crippen LogP contribution is -1.86. The summed E-state index contributed by atoms with van der Waals surface area (Å²) in [6, 6.07) is 0. The van der Waals surface area contributed by atoms with Gasteiger partial charge in [-0.25, -0.2) is 0 Å². The summed E-state index contributed by atoms with van der Waals surface area (Å²) < 4.78 is 0. The average Bonchev–Trinajstić information content (AvgIpc) is 1.89. The van der Waals surface area contributed by atoms with Crippen molar-refractivity contribution in [3.8, 4) is 0 Å². The lowest BCUT2D eigenvalue weighted by molar-refractivity contribution is -0.136. The van der Waals surface area contributed by atoms with Gasteiger partial charge in [-0.1, -0.05) is 21.3 Å². The van der Waals surface area contributed by atoms with Gasteiger partial charge in [0, 0.05) is 12.8 Å². The number of hydrogen-bond donors (Lipinski definition) is 1. The highest BCUT2D eigenvalue weighted by molar-refractivity contribution is 5.75. The van der Waals surface area contributed by atoms with Crippen LogP contribution in [0.3, 0.4) is 0 Å². The van der Waals surface area contributed by atoms with Crippen LogP contribution in [-0.2, 0) is 9.59 Å². The van der Waals surface area contributed by atoms with Crippen molar-refractivity contribution in [2.75, 3.05) is 0 Å². The lowest BCUT2D eigenvalue weighted by atomic mass is 10.3. The second kappa shape index (κ2) is 12.8. The van der Waals surface area contributed by atoms with Crippen molar-refractivity contribution in [2.24, 2.45) is 0 Å². The van der Waals surface area contributed by atoms with Gasteiger partial charge in [-0.05, 0) is 13.3 Å². The van der Waals surface area contributed by atoms with Crippen LogP contribution in [-0.4, -0.2) is 16.9 Å². The third-order valence-electron chi connectivity index (χ3n) is 0.905. The van der Waals surface area contributed by atoms with E-state index in [1.165, 1.54) is 0 Å². The molecule has 0 radical (unpaired) electrons. The van der Waals surface area contributed by atoms with Gasteiger partial charge in [0.2, 0.25) is 0 Å². The first-order valence-corrected chi connectivity index (χ1v) is 3.75. The van der Waals surface area contributed by atoms with Crippen LogP contribution in [0.2, 0.25) is 0 Å². The Hall–Kier alpha value is -0.860. The van der Waals surface area contributed by atoms with E-state index in [1.807, 2.05) is 6.92 Å². The summed E-state index contributed by atoms with van der Waals surface area (Å²) in [7, 11) is 0. The van der Waals surface area contributed by atoms with E-state index in [2.05, 4.69) is 0 Å². The Labute approximate surface area is 74.8 Å². The summed E-state index contributed by atoms with van der Waals surface area (Å²) in [4.78, 5) is 19.4. The van der Waals surface area contributed by atoms with Gasteiger partial charge in [-0.15, -0.1) is 0 Å². The molecule has 0 aromatic rings. The quantitative estimate of drug-likeness (QED) is 0.718. The molecular weight excluding hydrogens is 156 g/mol. The van der Waals surface area contributed by atoms with Crippen LogP contribution >= 0.6 is 0 Å². The van der Waals surface area contributed by atoms with Gasteiger partial charge < -0.3 is 9.90 Å². The Balaban J connectivity index is -0.000000126. The van der Waals surface area contributed by atoms with Gasteiger partial charge in [0.05, 0.1) is 0 Å². The molecular formula is C9H20O3. The molecule has 0 atom stereocenters. The highest BCUT2D eigenvalue weighted by Crippen LogP contribution is 1.84. The Morgan fingerprint density at radius 3 is 1.58 bits per heavy atom. The molecule has 0 aliphatic carbocycles. The minimum Gasteiger partial charge on any atom is -0.481 e. The molecule has 3 nitrogen and oxygen atoms in total. The molecule has 0 amide bonds. The fourth-order valence-corrected chi connectivity index (χ4v) is 0.352. The first kappa shape index (κ1) is 17.3. The Morgan fingerprint density at radius 1 is 1.25 bits per heavy atom. The van der Waals surface area contributed by atoms with Crippen LogP contribution in [0, 0.1) is 0 Å². The van der Waals surface area contributed by atoms with Gasteiger partial charge in [0.1, 0.15) is 5.78 Å². The molecule has 0 heterocycles. The zero-order valence-corrected chi connectivity index (χ0v) is 7.39. The number of Topliss-reactive ketones (excluding diaryl/α,β-unsaturated/α-hetero) is 1. The first-order chi connectivity index (χ1) is 5.04. The fourth-order valence-electron chi connectivity index (χ4n) is 0.352. The normalized spacial score (nSPS) is 7.25. The number of carbonyl (C=O) groups excluding carboxylic acids is 1. The fraction of sp³-hybridized carbons (Fsp3) is 0.778. The molecule has 0 aromatic heterocycles. The molecule has 0 unspecified atom stereocenters. The van der Waals surface area contributed by atoms with Crippen LogP contribution in [0.25, 0.3) is 0 Å². The van der Waals surface area contributed by atoms with E-state index >= 15 is 0 Å². The van der Waals surface area contributed by atoms with Gasteiger partial charge in [-0.2, -0.15) is 0 Å². The largest absolute Gasteiger partial charge is 0.481 e. The number of aliphatic carboxylic acids is 1. The molecule has 0 rings (SSSR count). The van der Waals surface area contributed by atoms with Crippen LogP contribution in [0.5, 0.6) is 0 Å². The van der Waals surface area contributed by atoms with Crippen LogP contribution in [0.15, 0.2) is 0 Å². The molecule has 12 heavy (non-hydrogen) atoms. The number of rotatable bonds is 3. The number of carboxylic acid groups (broad SMARTS) is 1. The lowest BCUT2D eigenvalue weighted by Gasteiger charge is -1.80. The highest BCUT2D eigenvalue weighted by atomic mass is 16.4. The van der Waals surface area contributed by atoms with E-state index in [0.29, 0.717) is 0 Å².